The second-order valence-electron chi connectivity index (χ2n) is 2.88. The van der Waals surface area contributed by atoms with E-state index in [1.165, 1.54) is 16.9 Å². The van der Waals surface area contributed by atoms with E-state index in [1.807, 2.05) is 23.7 Å². The first-order chi connectivity index (χ1) is 6.45. The average molecular weight is 186 g/mol. The molecule has 0 atom stereocenters. The molecule has 0 aliphatic rings. The van der Waals surface area contributed by atoms with Crippen molar-refractivity contribution in [3.05, 3.63) is 35.8 Å². The van der Waals surface area contributed by atoms with Gasteiger partial charge in [0.1, 0.15) is 0 Å². The molecule has 0 aliphatic heterocycles. The molecule has 3 rings (SSSR count). The molecule has 1 aromatic carbocycles. The van der Waals surface area contributed by atoms with Crippen LogP contribution in [-0.2, 0) is 0 Å². The molecule has 2 aromatic heterocycles. The van der Waals surface area contributed by atoms with E-state index in [0.717, 1.165) is 16.4 Å². The van der Waals surface area contributed by atoms with Crippen molar-refractivity contribution in [2.75, 3.05) is 0 Å². The molecule has 62 valence electrons. The second kappa shape index (κ2) is 2.50. The summed E-state index contributed by atoms with van der Waals surface area (Å²) in [5, 5.41) is 4.31. The Hall–Kier alpha value is -1.48. The van der Waals surface area contributed by atoms with Crippen LogP contribution in [0.15, 0.2) is 35.8 Å². The summed E-state index contributed by atoms with van der Waals surface area (Å²) < 4.78 is 4.31. The van der Waals surface area contributed by atoms with E-state index < -0.39 is 0 Å². The van der Waals surface area contributed by atoms with E-state index in [1.54, 1.807) is 0 Å². The molecule has 0 unspecified atom stereocenters. The number of hydrogen-bond donors (Lipinski definition) is 0. The Labute approximate surface area is 79.0 Å². The number of hydrogen-bond acceptors (Lipinski definition) is 3. The van der Waals surface area contributed by atoms with Crippen LogP contribution < -0.4 is 0 Å². The molecule has 3 aromatic rings. The van der Waals surface area contributed by atoms with Gasteiger partial charge in [0, 0.05) is 22.3 Å². The first-order valence-electron chi connectivity index (χ1n) is 4.03. The highest BCUT2D eigenvalue weighted by atomic mass is 32.1. The molecule has 13 heavy (non-hydrogen) atoms. The lowest BCUT2D eigenvalue weighted by Crippen LogP contribution is -1.75. The van der Waals surface area contributed by atoms with Gasteiger partial charge in [-0.3, -0.25) is 4.98 Å². The van der Waals surface area contributed by atoms with Gasteiger partial charge < -0.3 is 0 Å². The van der Waals surface area contributed by atoms with Crippen molar-refractivity contribution in [3.8, 4) is 0 Å². The van der Waals surface area contributed by atoms with Gasteiger partial charge in [0.25, 0.3) is 0 Å². The smallest absolute Gasteiger partial charge is 0.0854 e. The monoisotopic (exact) mass is 186 g/mol. The van der Waals surface area contributed by atoms with E-state index in [2.05, 4.69) is 21.5 Å². The predicted octanol–water partition coefficient (Wildman–Crippen LogP) is 2.84. The minimum Gasteiger partial charge on any atom is -0.256 e. The van der Waals surface area contributed by atoms with Crippen LogP contribution in [0.5, 0.6) is 0 Å². The van der Waals surface area contributed by atoms with E-state index in [0.29, 0.717) is 0 Å². The van der Waals surface area contributed by atoms with Gasteiger partial charge >= 0.3 is 0 Å². The molecule has 0 N–H and O–H groups in total. The van der Waals surface area contributed by atoms with Crippen molar-refractivity contribution < 1.29 is 0 Å². The fourth-order valence-electron chi connectivity index (χ4n) is 1.51. The normalized spacial score (nSPS) is 11.1. The van der Waals surface area contributed by atoms with E-state index in [-0.39, 0.29) is 0 Å². The lowest BCUT2D eigenvalue weighted by atomic mass is 10.2. The van der Waals surface area contributed by atoms with Crippen LogP contribution in [0, 0.1) is 0 Å². The zero-order chi connectivity index (χ0) is 8.67. The molecule has 2 heterocycles. The third-order valence-corrected chi connectivity index (χ3v) is 2.69. The summed E-state index contributed by atoms with van der Waals surface area (Å²) in [4.78, 5) is 4.31. The number of rotatable bonds is 0. The van der Waals surface area contributed by atoms with E-state index in [9.17, 15) is 0 Å². The molecule has 3 heteroatoms. The van der Waals surface area contributed by atoms with Crippen molar-refractivity contribution >= 4 is 33.3 Å². The van der Waals surface area contributed by atoms with Crippen LogP contribution in [0.1, 0.15) is 0 Å². The molecule has 0 spiro atoms. The van der Waals surface area contributed by atoms with Crippen LogP contribution in [0.3, 0.4) is 0 Å². The average Bonchev–Trinajstić information content (AvgIpc) is 2.65. The third-order valence-electron chi connectivity index (χ3n) is 2.13. The molecular weight excluding hydrogens is 180 g/mol. The Morgan fingerprint density at radius 2 is 2.08 bits per heavy atom. The fourth-order valence-corrected chi connectivity index (χ4v) is 2.05. The number of benzene rings is 1. The van der Waals surface area contributed by atoms with Gasteiger partial charge in [0.2, 0.25) is 0 Å². The molecule has 0 amide bonds. The number of aromatic nitrogens is 2. The summed E-state index contributed by atoms with van der Waals surface area (Å²) in [6, 6.07) is 8.19. The largest absolute Gasteiger partial charge is 0.256 e. The predicted molar refractivity (Wildman–Crippen MR) is 54.9 cm³/mol. The number of nitrogens with zero attached hydrogens (tertiary/aromatic N) is 2. The first-order valence-corrected chi connectivity index (χ1v) is 4.86. The van der Waals surface area contributed by atoms with Gasteiger partial charge in [-0.05, 0) is 29.7 Å². The molecular formula is C10H6N2S. The van der Waals surface area contributed by atoms with Gasteiger partial charge in [-0.25, -0.2) is 0 Å². The van der Waals surface area contributed by atoms with E-state index >= 15 is 0 Å². The quantitative estimate of drug-likeness (QED) is 0.539. The molecule has 0 aliphatic carbocycles. The highest BCUT2D eigenvalue weighted by molar-refractivity contribution is 7.03. The summed E-state index contributed by atoms with van der Waals surface area (Å²) in [5.74, 6) is 0. The van der Waals surface area contributed by atoms with Crippen molar-refractivity contribution in [2.24, 2.45) is 0 Å². The lowest BCUT2D eigenvalue weighted by molar-refractivity contribution is 1.49. The molecule has 2 nitrogen and oxygen atoms in total. The summed E-state index contributed by atoms with van der Waals surface area (Å²) in [6.45, 7) is 0. The zero-order valence-corrected chi connectivity index (χ0v) is 7.58. The Balaban J connectivity index is 2.65. The standard InChI is InChI=1S/C10H6N2S/c1-2-9-8(4-6-13-12-9)10-7(1)3-5-11-10/h1-6H. The van der Waals surface area contributed by atoms with Gasteiger partial charge in [-0.15, -0.1) is 0 Å². The van der Waals surface area contributed by atoms with Crippen LogP contribution in [0.25, 0.3) is 21.8 Å². The van der Waals surface area contributed by atoms with Crippen LogP contribution >= 0.6 is 11.5 Å². The van der Waals surface area contributed by atoms with E-state index in [4.69, 9.17) is 0 Å². The molecule has 0 radical (unpaired) electrons. The van der Waals surface area contributed by atoms with Gasteiger partial charge in [0.15, 0.2) is 0 Å². The maximum atomic E-state index is 4.31. The van der Waals surface area contributed by atoms with Crippen molar-refractivity contribution in [2.45, 2.75) is 0 Å². The summed E-state index contributed by atoms with van der Waals surface area (Å²) in [6.07, 6.45) is 1.83. The number of fused-ring (bicyclic) bond motifs is 3. The van der Waals surface area contributed by atoms with Crippen LogP contribution in [0.4, 0.5) is 0 Å². The topological polar surface area (TPSA) is 25.8 Å². The molecule has 0 saturated carbocycles. The molecule has 0 bridgehead atoms. The third kappa shape index (κ3) is 0.939. The zero-order valence-electron chi connectivity index (χ0n) is 6.77. The first kappa shape index (κ1) is 6.97. The maximum Gasteiger partial charge on any atom is 0.0854 e. The minimum absolute atomic E-state index is 1.03. The highest BCUT2D eigenvalue weighted by Gasteiger charge is 2.01. The minimum atomic E-state index is 1.03. The van der Waals surface area contributed by atoms with Crippen molar-refractivity contribution in [1.29, 1.82) is 0 Å². The Bertz CT molecular complexity index is 571. The van der Waals surface area contributed by atoms with Gasteiger partial charge in [0.05, 0.1) is 11.0 Å². The summed E-state index contributed by atoms with van der Waals surface area (Å²) >= 11 is 1.47. The lowest BCUT2D eigenvalue weighted by Gasteiger charge is -1.95. The molecule has 0 saturated heterocycles. The molecule has 0 fully saturated rings. The summed E-state index contributed by atoms with van der Waals surface area (Å²) in [5.41, 5.74) is 2.08. The Morgan fingerprint density at radius 1 is 1.08 bits per heavy atom. The van der Waals surface area contributed by atoms with Gasteiger partial charge in [-0.1, -0.05) is 6.07 Å². The Kier molecular flexibility index (Phi) is 1.34. The Morgan fingerprint density at radius 3 is 3.08 bits per heavy atom. The maximum absolute atomic E-state index is 4.31. The van der Waals surface area contributed by atoms with Crippen molar-refractivity contribution in [3.63, 3.8) is 0 Å². The highest BCUT2D eigenvalue weighted by Crippen LogP contribution is 2.22. The van der Waals surface area contributed by atoms with Crippen LogP contribution in [0.2, 0.25) is 0 Å². The van der Waals surface area contributed by atoms with Gasteiger partial charge in [-0.2, -0.15) is 4.37 Å². The fraction of sp³-hybridized carbons (Fsp3) is 0. The van der Waals surface area contributed by atoms with Crippen LogP contribution in [-0.4, -0.2) is 9.36 Å². The van der Waals surface area contributed by atoms with Crippen molar-refractivity contribution in [1.82, 2.24) is 9.36 Å². The summed E-state index contributed by atoms with van der Waals surface area (Å²) in [7, 11) is 0. The SMILES string of the molecule is c1cc2ccc3nsccc3c2n1. The second-order valence-corrected chi connectivity index (χ2v) is 3.55.